The maximum Gasteiger partial charge on any atom is 0.0537 e. The second-order valence-electron chi connectivity index (χ2n) is 4.74. The van der Waals surface area contributed by atoms with Gasteiger partial charge in [-0.15, -0.1) is 0 Å². The van der Waals surface area contributed by atoms with Crippen molar-refractivity contribution in [1.29, 1.82) is 0 Å². The van der Waals surface area contributed by atoms with E-state index in [9.17, 15) is 0 Å². The van der Waals surface area contributed by atoms with Gasteiger partial charge in [-0.1, -0.05) is 0 Å². The van der Waals surface area contributed by atoms with Crippen molar-refractivity contribution >= 4 is 0 Å². The second kappa shape index (κ2) is 4.79. The molecule has 1 aromatic heterocycles. The van der Waals surface area contributed by atoms with Gasteiger partial charge in [-0.3, -0.25) is 9.58 Å². The fraction of sp³-hybridized carbons (Fsp3) is 0.750. The molecular weight excluding hydrogens is 186 g/mol. The molecule has 0 N–H and O–H groups in total. The van der Waals surface area contributed by atoms with Crippen LogP contribution >= 0.6 is 0 Å². The lowest BCUT2D eigenvalue weighted by atomic mass is 10.1. The Morgan fingerprint density at radius 3 is 2.13 bits per heavy atom. The zero-order chi connectivity index (χ0) is 11.6. The van der Waals surface area contributed by atoms with Gasteiger partial charge in [0.05, 0.1) is 6.20 Å². The van der Waals surface area contributed by atoms with E-state index in [2.05, 4.69) is 44.6 Å². The van der Waals surface area contributed by atoms with Gasteiger partial charge in [-0.25, -0.2) is 0 Å². The van der Waals surface area contributed by atoms with Gasteiger partial charge in [-0.2, -0.15) is 5.10 Å². The van der Waals surface area contributed by atoms with E-state index in [1.165, 1.54) is 11.3 Å². The van der Waals surface area contributed by atoms with Crippen LogP contribution in [0.2, 0.25) is 0 Å². The van der Waals surface area contributed by atoms with Gasteiger partial charge in [0, 0.05) is 36.9 Å². The van der Waals surface area contributed by atoms with Crippen molar-refractivity contribution < 1.29 is 0 Å². The minimum atomic E-state index is 0.574. The van der Waals surface area contributed by atoms with Gasteiger partial charge in [-0.05, 0) is 34.6 Å². The van der Waals surface area contributed by atoms with Crippen LogP contribution in [0.4, 0.5) is 0 Å². The third kappa shape index (κ3) is 2.81. The average molecular weight is 209 g/mol. The molecule has 0 aliphatic rings. The van der Waals surface area contributed by atoms with Gasteiger partial charge >= 0.3 is 0 Å². The maximum atomic E-state index is 4.28. The van der Waals surface area contributed by atoms with E-state index in [4.69, 9.17) is 0 Å². The van der Waals surface area contributed by atoms with Crippen LogP contribution in [-0.2, 0) is 13.6 Å². The number of hydrogen-bond acceptors (Lipinski definition) is 2. The third-order valence-electron chi connectivity index (χ3n) is 3.02. The van der Waals surface area contributed by atoms with E-state index in [0.29, 0.717) is 12.1 Å². The Morgan fingerprint density at radius 1 is 1.27 bits per heavy atom. The first-order chi connectivity index (χ1) is 6.93. The Kier molecular flexibility index (Phi) is 3.91. The zero-order valence-corrected chi connectivity index (χ0v) is 10.8. The Labute approximate surface area is 93.1 Å². The SMILES string of the molecule is Cc1c(CN(C(C)C)C(C)C)cnn1C. The van der Waals surface area contributed by atoms with Crippen LogP contribution in [0.25, 0.3) is 0 Å². The smallest absolute Gasteiger partial charge is 0.0537 e. The van der Waals surface area contributed by atoms with Crippen molar-refractivity contribution in [2.24, 2.45) is 7.05 Å². The average Bonchev–Trinajstić information content (AvgIpc) is 2.43. The summed E-state index contributed by atoms with van der Waals surface area (Å²) >= 11 is 0. The maximum absolute atomic E-state index is 4.28. The topological polar surface area (TPSA) is 21.1 Å². The molecule has 0 saturated heterocycles. The highest BCUT2D eigenvalue weighted by molar-refractivity contribution is 5.15. The van der Waals surface area contributed by atoms with Gasteiger partial charge in [0.2, 0.25) is 0 Å². The van der Waals surface area contributed by atoms with Gasteiger partial charge < -0.3 is 0 Å². The lowest BCUT2D eigenvalue weighted by Gasteiger charge is -2.30. The molecule has 86 valence electrons. The van der Waals surface area contributed by atoms with E-state index in [1.54, 1.807) is 0 Å². The number of nitrogens with zero attached hydrogens (tertiary/aromatic N) is 3. The minimum absolute atomic E-state index is 0.574. The first-order valence-electron chi connectivity index (χ1n) is 5.66. The summed E-state index contributed by atoms with van der Waals surface area (Å²) in [5.74, 6) is 0. The van der Waals surface area contributed by atoms with Crippen LogP contribution in [0.3, 0.4) is 0 Å². The first-order valence-corrected chi connectivity index (χ1v) is 5.66. The molecule has 1 aromatic rings. The summed E-state index contributed by atoms with van der Waals surface area (Å²) in [4.78, 5) is 2.48. The molecule has 0 amide bonds. The largest absolute Gasteiger partial charge is 0.294 e. The monoisotopic (exact) mass is 209 g/mol. The second-order valence-corrected chi connectivity index (χ2v) is 4.74. The lowest BCUT2D eigenvalue weighted by Crippen LogP contribution is -2.36. The third-order valence-corrected chi connectivity index (χ3v) is 3.02. The molecule has 3 heteroatoms. The van der Waals surface area contributed by atoms with Crippen molar-refractivity contribution in [3.05, 3.63) is 17.5 Å². The highest BCUT2D eigenvalue weighted by Crippen LogP contribution is 2.14. The van der Waals surface area contributed by atoms with E-state index < -0.39 is 0 Å². The molecule has 0 aliphatic carbocycles. The van der Waals surface area contributed by atoms with E-state index in [-0.39, 0.29) is 0 Å². The molecule has 0 spiro atoms. The number of aromatic nitrogens is 2. The van der Waals surface area contributed by atoms with Crippen LogP contribution < -0.4 is 0 Å². The Bertz CT molecular complexity index is 305. The summed E-state index contributed by atoms with van der Waals surface area (Å²) in [7, 11) is 1.99. The van der Waals surface area contributed by atoms with E-state index in [1.807, 2.05) is 17.9 Å². The molecule has 1 heterocycles. The number of hydrogen-bond donors (Lipinski definition) is 0. The zero-order valence-electron chi connectivity index (χ0n) is 10.8. The predicted octanol–water partition coefficient (Wildman–Crippen LogP) is 2.35. The normalized spacial score (nSPS) is 12.1. The Hall–Kier alpha value is -0.830. The molecule has 0 saturated carbocycles. The minimum Gasteiger partial charge on any atom is -0.294 e. The summed E-state index contributed by atoms with van der Waals surface area (Å²) in [6.07, 6.45) is 1.98. The Morgan fingerprint density at radius 2 is 1.80 bits per heavy atom. The van der Waals surface area contributed by atoms with Crippen LogP contribution in [-0.4, -0.2) is 26.8 Å². The summed E-state index contributed by atoms with van der Waals surface area (Å²) in [5, 5.41) is 4.28. The van der Waals surface area contributed by atoms with Crippen molar-refractivity contribution in [3.63, 3.8) is 0 Å². The quantitative estimate of drug-likeness (QED) is 0.759. The van der Waals surface area contributed by atoms with Crippen molar-refractivity contribution in [1.82, 2.24) is 14.7 Å². The number of rotatable bonds is 4. The van der Waals surface area contributed by atoms with E-state index in [0.717, 1.165) is 6.54 Å². The molecule has 3 nitrogen and oxygen atoms in total. The molecular formula is C12H23N3. The summed E-state index contributed by atoms with van der Waals surface area (Å²) < 4.78 is 1.94. The Balaban J connectivity index is 2.79. The first kappa shape index (κ1) is 12.2. The number of aryl methyl sites for hydroxylation is 1. The molecule has 15 heavy (non-hydrogen) atoms. The molecule has 0 aliphatic heterocycles. The molecule has 0 radical (unpaired) electrons. The lowest BCUT2D eigenvalue weighted by molar-refractivity contribution is 0.165. The fourth-order valence-electron chi connectivity index (χ4n) is 1.86. The van der Waals surface area contributed by atoms with Gasteiger partial charge in [0.25, 0.3) is 0 Å². The van der Waals surface area contributed by atoms with Crippen molar-refractivity contribution in [2.45, 2.75) is 53.2 Å². The summed E-state index contributed by atoms with van der Waals surface area (Å²) in [6, 6.07) is 1.15. The van der Waals surface area contributed by atoms with Gasteiger partial charge in [0.15, 0.2) is 0 Å². The van der Waals surface area contributed by atoms with E-state index >= 15 is 0 Å². The molecule has 1 rings (SSSR count). The fourth-order valence-corrected chi connectivity index (χ4v) is 1.86. The van der Waals surface area contributed by atoms with Crippen molar-refractivity contribution in [2.75, 3.05) is 0 Å². The molecule has 0 aromatic carbocycles. The highest BCUT2D eigenvalue weighted by Gasteiger charge is 2.15. The van der Waals surface area contributed by atoms with Crippen LogP contribution in [0.15, 0.2) is 6.20 Å². The van der Waals surface area contributed by atoms with Crippen LogP contribution in [0.1, 0.15) is 39.0 Å². The molecule has 0 bridgehead atoms. The van der Waals surface area contributed by atoms with Gasteiger partial charge in [0.1, 0.15) is 0 Å². The highest BCUT2D eigenvalue weighted by atomic mass is 15.3. The van der Waals surface area contributed by atoms with Crippen LogP contribution in [0.5, 0.6) is 0 Å². The van der Waals surface area contributed by atoms with Crippen molar-refractivity contribution in [3.8, 4) is 0 Å². The van der Waals surface area contributed by atoms with Crippen LogP contribution in [0, 0.1) is 6.92 Å². The molecule has 0 atom stereocenters. The summed E-state index contributed by atoms with van der Waals surface area (Å²) in [5.41, 5.74) is 2.60. The standard InChI is InChI=1S/C12H23N3/c1-9(2)15(10(3)4)8-12-7-13-14(6)11(12)5/h7,9-10H,8H2,1-6H3. The molecule has 0 unspecified atom stereocenters. The predicted molar refractivity (Wildman–Crippen MR) is 63.8 cm³/mol. The summed E-state index contributed by atoms with van der Waals surface area (Å²) in [6.45, 7) is 12.1. The molecule has 0 fully saturated rings.